The molecule has 1 saturated heterocycles. The number of nitrogens with zero attached hydrogens (tertiary/aromatic N) is 2. The normalized spacial score (nSPS) is 18.1. The Morgan fingerprint density at radius 1 is 1.33 bits per heavy atom. The summed E-state index contributed by atoms with van der Waals surface area (Å²) in [4.78, 5) is 4.59. The van der Waals surface area contributed by atoms with E-state index in [1.54, 1.807) is 0 Å². The molecule has 0 bridgehead atoms. The zero-order valence-corrected chi connectivity index (χ0v) is 13.3. The van der Waals surface area contributed by atoms with Gasteiger partial charge in [0, 0.05) is 32.7 Å². The molecular weight excluding hydrogens is 264 g/mol. The highest BCUT2D eigenvalue weighted by atomic mass is 16.5. The highest BCUT2D eigenvalue weighted by Crippen LogP contribution is 2.09. The minimum Gasteiger partial charge on any atom is -0.390 e. The quantitative estimate of drug-likeness (QED) is 0.826. The summed E-state index contributed by atoms with van der Waals surface area (Å²) in [5, 5.41) is 10.3. The summed E-state index contributed by atoms with van der Waals surface area (Å²) in [6.45, 7) is 11.0. The summed E-state index contributed by atoms with van der Waals surface area (Å²) < 4.78 is 5.34. The van der Waals surface area contributed by atoms with Crippen molar-refractivity contribution in [1.29, 1.82) is 0 Å². The standard InChI is InChI=1S/C17H28N2O2/c1-3-18(12-16-6-4-5-15(2)11-16)13-17(20)14-19-7-9-21-10-8-19/h4-6,11,17,20H,3,7-10,12-14H2,1-2H3. The average molecular weight is 292 g/mol. The number of hydrogen-bond donors (Lipinski definition) is 1. The van der Waals surface area contributed by atoms with Crippen LogP contribution < -0.4 is 0 Å². The third kappa shape index (κ3) is 5.75. The van der Waals surface area contributed by atoms with Gasteiger partial charge in [-0.25, -0.2) is 0 Å². The van der Waals surface area contributed by atoms with Gasteiger partial charge in [-0.1, -0.05) is 36.8 Å². The summed E-state index contributed by atoms with van der Waals surface area (Å²) in [6, 6.07) is 8.59. The summed E-state index contributed by atoms with van der Waals surface area (Å²) in [5.41, 5.74) is 2.60. The Kier molecular flexibility index (Phi) is 6.64. The summed E-state index contributed by atoms with van der Waals surface area (Å²) >= 11 is 0. The van der Waals surface area contributed by atoms with Crippen molar-refractivity contribution in [2.24, 2.45) is 0 Å². The third-order valence-corrected chi connectivity index (χ3v) is 3.98. The number of likely N-dealkylation sites (N-methyl/N-ethyl adjacent to an activating group) is 1. The molecule has 0 spiro atoms. The van der Waals surface area contributed by atoms with Crippen LogP contribution in [0.5, 0.6) is 0 Å². The maximum atomic E-state index is 10.3. The van der Waals surface area contributed by atoms with E-state index in [1.165, 1.54) is 11.1 Å². The monoisotopic (exact) mass is 292 g/mol. The van der Waals surface area contributed by atoms with Crippen molar-refractivity contribution in [2.45, 2.75) is 26.5 Å². The van der Waals surface area contributed by atoms with E-state index in [-0.39, 0.29) is 6.10 Å². The average Bonchev–Trinajstić information content (AvgIpc) is 2.47. The van der Waals surface area contributed by atoms with Crippen molar-refractivity contribution < 1.29 is 9.84 Å². The highest BCUT2D eigenvalue weighted by Gasteiger charge is 2.17. The summed E-state index contributed by atoms with van der Waals surface area (Å²) in [6.07, 6.45) is -0.298. The predicted octanol–water partition coefficient (Wildman–Crippen LogP) is 1.51. The Hall–Kier alpha value is -0.940. The van der Waals surface area contributed by atoms with Gasteiger partial charge in [0.15, 0.2) is 0 Å². The van der Waals surface area contributed by atoms with E-state index < -0.39 is 0 Å². The molecule has 1 aliphatic heterocycles. The molecule has 4 nitrogen and oxygen atoms in total. The van der Waals surface area contributed by atoms with E-state index in [1.807, 2.05) is 0 Å². The fourth-order valence-corrected chi connectivity index (χ4v) is 2.81. The smallest absolute Gasteiger partial charge is 0.0793 e. The summed E-state index contributed by atoms with van der Waals surface area (Å²) in [7, 11) is 0. The first-order valence-corrected chi connectivity index (χ1v) is 7.93. The van der Waals surface area contributed by atoms with Crippen molar-refractivity contribution >= 4 is 0 Å². The topological polar surface area (TPSA) is 35.9 Å². The van der Waals surface area contributed by atoms with Gasteiger partial charge in [0.05, 0.1) is 19.3 Å². The van der Waals surface area contributed by atoms with Gasteiger partial charge in [-0.05, 0) is 19.0 Å². The number of hydrogen-bond acceptors (Lipinski definition) is 4. The molecule has 0 amide bonds. The molecule has 0 aliphatic carbocycles. The molecular formula is C17H28N2O2. The fourth-order valence-electron chi connectivity index (χ4n) is 2.81. The summed E-state index contributed by atoms with van der Waals surface area (Å²) in [5.74, 6) is 0. The molecule has 118 valence electrons. The molecule has 0 saturated carbocycles. The maximum Gasteiger partial charge on any atom is 0.0793 e. The van der Waals surface area contributed by atoms with E-state index in [2.05, 4.69) is 47.9 Å². The zero-order chi connectivity index (χ0) is 15.1. The van der Waals surface area contributed by atoms with Crippen LogP contribution in [-0.2, 0) is 11.3 Å². The molecule has 1 unspecified atom stereocenters. The number of aliphatic hydroxyl groups is 1. The number of ether oxygens (including phenoxy) is 1. The molecule has 4 heteroatoms. The van der Waals surface area contributed by atoms with E-state index in [9.17, 15) is 5.11 Å². The Morgan fingerprint density at radius 3 is 2.76 bits per heavy atom. The number of β-amino-alcohol motifs (C(OH)–C–C–N with tert-alkyl or cyclic N) is 1. The first kappa shape index (κ1) is 16.4. The molecule has 1 fully saturated rings. The Morgan fingerprint density at radius 2 is 2.10 bits per heavy atom. The lowest BCUT2D eigenvalue weighted by atomic mass is 10.1. The van der Waals surface area contributed by atoms with Crippen LogP contribution in [0, 0.1) is 6.92 Å². The van der Waals surface area contributed by atoms with Gasteiger partial charge in [-0.3, -0.25) is 9.80 Å². The molecule has 1 aromatic rings. The minimum atomic E-state index is -0.298. The van der Waals surface area contributed by atoms with Gasteiger partial charge >= 0.3 is 0 Å². The van der Waals surface area contributed by atoms with Crippen molar-refractivity contribution in [3.63, 3.8) is 0 Å². The fraction of sp³-hybridized carbons (Fsp3) is 0.647. The van der Waals surface area contributed by atoms with E-state index in [4.69, 9.17) is 4.74 Å². The largest absolute Gasteiger partial charge is 0.390 e. The number of benzene rings is 1. The van der Waals surface area contributed by atoms with Gasteiger partial charge in [0.25, 0.3) is 0 Å². The van der Waals surface area contributed by atoms with Crippen LogP contribution in [-0.4, -0.2) is 66.9 Å². The Balaban J connectivity index is 1.80. The number of aliphatic hydroxyl groups excluding tert-OH is 1. The van der Waals surface area contributed by atoms with Crippen molar-refractivity contribution in [3.8, 4) is 0 Å². The maximum absolute atomic E-state index is 10.3. The van der Waals surface area contributed by atoms with Crippen LogP contribution in [0.2, 0.25) is 0 Å². The van der Waals surface area contributed by atoms with Crippen molar-refractivity contribution in [2.75, 3.05) is 45.9 Å². The molecule has 1 aliphatic rings. The molecule has 21 heavy (non-hydrogen) atoms. The van der Waals surface area contributed by atoms with E-state index in [0.29, 0.717) is 0 Å². The molecule has 1 N–H and O–H groups in total. The minimum absolute atomic E-state index is 0.298. The number of morpholine rings is 1. The lowest BCUT2D eigenvalue weighted by molar-refractivity contribution is 0.00669. The zero-order valence-electron chi connectivity index (χ0n) is 13.3. The molecule has 2 rings (SSSR count). The van der Waals surface area contributed by atoms with Gasteiger partial charge < -0.3 is 9.84 Å². The van der Waals surface area contributed by atoms with Crippen molar-refractivity contribution in [3.05, 3.63) is 35.4 Å². The van der Waals surface area contributed by atoms with Crippen LogP contribution in [0.25, 0.3) is 0 Å². The van der Waals surface area contributed by atoms with Crippen LogP contribution in [0.1, 0.15) is 18.1 Å². The molecule has 1 heterocycles. The highest BCUT2D eigenvalue weighted by molar-refractivity contribution is 5.22. The van der Waals surface area contributed by atoms with Crippen LogP contribution in [0.15, 0.2) is 24.3 Å². The lowest BCUT2D eigenvalue weighted by Gasteiger charge is -2.30. The number of aryl methyl sites for hydroxylation is 1. The lowest BCUT2D eigenvalue weighted by Crippen LogP contribution is -2.44. The number of rotatable bonds is 7. The first-order valence-electron chi connectivity index (χ1n) is 7.93. The molecule has 0 aromatic heterocycles. The Labute approximate surface area is 128 Å². The SMILES string of the molecule is CCN(Cc1cccc(C)c1)CC(O)CN1CCOCC1. The second kappa shape index (κ2) is 8.49. The molecule has 1 aromatic carbocycles. The van der Waals surface area contributed by atoms with Crippen LogP contribution in [0.4, 0.5) is 0 Å². The van der Waals surface area contributed by atoms with Gasteiger partial charge in [0.1, 0.15) is 0 Å². The van der Waals surface area contributed by atoms with Gasteiger partial charge in [-0.2, -0.15) is 0 Å². The second-order valence-electron chi connectivity index (χ2n) is 5.88. The first-order chi connectivity index (χ1) is 10.2. The van der Waals surface area contributed by atoms with Gasteiger partial charge in [-0.15, -0.1) is 0 Å². The van der Waals surface area contributed by atoms with Crippen LogP contribution in [0.3, 0.4) is 0 Å². The third-order valence-electron chi connectivity index (χ3n) is 3.98. The Bertz CT molecular complexity index is 419. The van der Waals surface area contributed by atoms with Crippen molar-refractivity contribution in [1.82, 2.24) is 9.80 Å². The molecule has 1 atom stereocenters. The van der Waals surface area contributed by atoms with E-state index >= 15 is 0 Å². The predicted molar refractivity (Wildman–Crippen MR) is 85.4 cm³/mol. The molecule has 0 radical (unpaired) electrons. The van der Waals surface area contributed by atoms with Gasteiger partial charge in [0.2, 0.25) is 0 Å². The van der Waals surface area contributed by atoms with Crippen LogP contribution >= 0.6 is 0 Å². The second-order valence-corrected chi connectivity index (χ2v) is 5.88. The van der Waals surface area contributed by atoms with E-state index in [0.717, 1.165) is 52.5 Å².